The van der Waals surface area contributed by atoms with Gasteiger partial charge in [-0.05, 0) is 56.7 Å². The Morgan fingerprint density at radius 3 is 2.41 bits per heavy atom. The number of nitrogens with zero attached hydrogens (tertiary/aromatic N) is 1. The van der Waals surface area contributed by atoms with Gasteiger partial charge in [-0.3, -0.25) is 4.99 Å². The highest BCUT2D eigenvalue weighted by Gasteiger charge is 2.14. The molecule has 1 aromatic rings. The van der Waals surface area contributed by atoms with Crippen LogP contribution in [-0.4, -0.2) is 40.4 Å². The monoisotopic (exact) mass is 375 g/mol. The molecule has 0 fully saturated rings. The van der Waals surface area contributed by atoms with Gasteiger partial charge in [0.2, 0.25) is 5.75 Å². The minimum Gasteiger partial charge on any atom is -0.493 e. The van der Waals surface area contributed by atoms with Crippen LogP contribution in [0.1, 0.15) is 44.6 Å². The van der Waals surface area contributed by atoms with E-state index in [1.807, 2.05) is 19.1 Å². The lowest BCUT2D eigenvalue weighted by molar-refractivity contribution is 0.288. The molecule has 0 amide bonds. The number of hydrogen-bond donors (Lipinski definition) is 2. The fraction of sp³-hybridized carbons (Fsp3) is 0.571. The average molecular weight is 376 g/mol. The van der Waals surface area contributed by atoms with Crippen molar-refractivity contribution in [3.8, 4) is 17.2 Å². The third-order valence-electron chi connectivity index (χ3n) is 4.62. The summed E-state index contributed by atoms with van der Waals surface area (Å²) >= 11 is 0. The molecule has 2 N–H and O–H groups in total. The van der Waals surface area contributed by atoms with Gasteiger partial charge in [0.05, 0.1) is 20.8 Å². The molecule has 0 aromatic heterocycles. The van der Waals surface area contributed by atoms with Crippen LogP contribution in [0.4, 0.5) is 0 Å². The normalized spacial score (nSPS) is 14.4. The van der Waals surface area contributed by atoms with Gasteiger partial charge in [-0.1, -0.05) is 11.6 Å². The number of aliphatic imine (C=N–C) groups is 1. The van der Waals surface area contributed by atoms with Crippen molar-refractivity contribution in [2.45, 2.75) is 45.6 Å². The van der Waals surface area contributed by atoms with Gasteiger partial charge in [0.15, 0.2) is 17.5 Å². The molecule has 0 aliphatic heterocycles. The van der Waals surface area contributed by atoms with Gasteiger partial charge in [0.1, 0.15) is 0 Å². The molecule has 6 nitrogen and oxygen atoms in total. The first-order valence-corrected chi connectivity index (χ1v) is 9.71. The Balaban J connectivity index is 1.92. The van der Waals surface area contributed by atoms with Crippen molar-refractivity contribution < 1.29 is 14.2 Å². The van der Waals surface area contributed by atoms with E-state index in [9.17, 15) is 0 Å². The summed E-state index contributed by atoms with van der Waals surface area (Å²) in [6, 6.07) is 3.92. The van der Waals surface area contributed by atoms with Crippen LogP contribution in [0.25, 0.3) is 0 Å². The third kappa shape index (κ3) is 6.38. The van der Waals surface area contributed by atoms with Gasteiger partial charge in [-0.15, -0.1) is 0 Å². The zero-order chi connectivity index (χ0) is 19.5. The number of methoxy groups -OCH3 is 2. The number of guanidine groups is 1. The van der Waals surface area contributed by atoms with Crippen LogP contribution in [0.15, 0.2) is 28.8 Å². The molecule has 0 bridgehead atoms. The molecule has 0 saturated heterocycles. The molecular formula is C21H33N3O3. The minimum absolute atomic E-state index is 0.553. The van der Waals surface area contributed by atoms with Gasteiger partial charge in [-0.2, -0.15) is 0 Å². The smallest absolute Gasteiger partial charge is 0.203 e. The summed E-state index contributed by atoms with van der Waals surface area (Å²) < 4.78 is 16.6. The highest BCUT2D eigenvalue weighted by atomic mass is 16.5. The fourth-order valence-electron chi connectivity index (χ4n) is 3.20. The Kier molecular flexibility index (Phi) is 8.81. The molecular weight excluding hydrogens is 342 g/mol. The molecule has 1 aromatic carbocycles. The van der Waals surface area contributed by atoms with Gasteiger partial charge in [-0.25, -0.2) is 0 Å². The summed E-state index contributed by atoms with van der Waals surface area (Å²) in [5, 5.41) is 6.73. The Morgan fingerprint density at radius 1 is 1.11 bits per heavy atom. The maximum Gasteiger partial charge on any atom is 0.203 e. The van der Waals surface area contributed by atoms with Gasteiger partial charge < -0.3 is 24.8 Å². The fourth-order valence-corrected chi connectivity index (χ4v) is 3.20. The molecule has 0 saturated carbocycles. The van der Waals surface area contributed by atoms with E-state index in [0.717, 1.165) is 24.5 Å². The second kappa shape index (κ2) is 11.4. The zero-order valence-corrected chi connectivity index (χ0v) is 17.1. The van der Waals surface area contributed by atoms with Crippen LogP contribution >= 0.6 is 0 Å². The predicted molar refractivity (Wildman–Crippen MR) is 110 cm³/mol. The van der Waals surface area contributed by atoms with Crippen LogP contribution in [0.5, 0.6) is 17.2 Å². The van der Waals surface area contributed by atoms with Crippen LogP contribution in [0.2, 0.25) is 0 Å². The number of rotatable bonds is 9. The summed E-state index contributed by atoms with van der Waals surface area (Å²) in [5.74, 6) is 2.76. The summed E-state index contributed by atoms with van der Waals surface area (Å²) in [4.78, 5) is 4.31. The van der Waals surface area contributed by atoms with Crippen LogP contribution in [0, 0.1) is 0 Å². The van der Waals surface area contributed by atoms with E-state index >= 15 is 0 Å². The summed E-state index contributed by atoms with van der Waals surface area (Å²) in [7, 11) is 5.05. The molecule has 0 radical (unpaired) electrons. The van der Waals surface area contributed by atoms with Gasteiger partial charge in [0.25, 0.3) is 0 Å². The van der Waals surface area contributed by atoms with Crippen molar-refractivity contribution in [2.24, 2.45) is 4.99 Å². The van der Waals surface area contributed by atoms with Crippen molar-refractivity contribution in [2.75, 3.05) is 34.4 Å². The molecule has 150 valence electrons. The second-order valence-corrected chi connectivity index (χ2v) is 6.47. The van der Waals surface area contributed by atoms with E-state index in [-0.39, 0.29) is 0 Å². The molecule has 1 aliphatic carbocycles. The Labute approximate surface area is 163 Å². The van der Waals surface area contributed by atoms with Crippen LogP contribution in [0.3, 0.4) is 0 Å². The number of allylic oxidation sites excluding steroid dienone is 1. The molecule has 27 heavy (non-hydrogen) atoms. The largest absolute Gasteiger partial charge is 0.493 e. The number of hydrogen-bond acceptors (Lipinski definition) is 4. The van der Waals surface area contributed by atoms with E-state index in [1.54, 1.807) is 26.8 Å². The number of ether oxygens (including phenoxy) is 3. The topological polar surface area (TPSA) is 64.1 Å². The van der Waals surface area contributed by atoms with E-state index in [4.69, 9.17) is 14.2 Å². The molecule has 1 aliphatic rings. The maximum absolute atomic E-state index is 5.65. The Morgan fingerprint density at radius 2 is 1.85 bits per heavy atom. The first-order chi connectivity index (χ1) is 13.2. The second-order valence-electron chi connectivity index (χ2n) is 6.47. The van der Waals surface area contributed by atoms with E-state index < -0.39 is 0 Å². The Bertz CT molecular complexity index is 631. The van der Waals surface area contributed by atoms with E-state index in [2.05, 4.69) is 21.7 Å². The lowest BCUT2D eigenvalue weighted by Crippen LogP contribution is -2.37. The maximum atomic E-state index is 5.65. The first-order valence-electron chi connectivity index (χ1n) is 9.71. The van der Waals surface area contributed by atoms with Crippen LogP contribution in [-0.2, 0) is 6.54 Å². The van der Waals surface area contributed by atoms with Crippen molar-refractivity contribution in [1.82, 2.24) is 10.6 Å². The average Bonchev–Trinajstić information content (AvgIpc) is 2.71. The van der Waals surface area contributed by atoms with Crippen LogP contribution < -0.4 is 24.8 Å². The van der Waals surface area contributed by atoms with E-state index in [0.29, 0.717) is 30.4 Å². The Hall–Kier alpha value is -2.37. The first kappa shape index (κ1) is 20.9. The zero-order valence-electron chi connectivity index (χ0n) is 17.1. The molecule has 0 spiro atoms. The molecule has 0 unspecified atom stereocenters. The van der Waals surface area contributed by atoms with Crippen molar-refractivity contribution >= 4 is 5.96 Å². The summed E-state index contributed by atoms with van der Waals surface area (Å²) in [6.07, 6.45) is 8.57. The SMILES string of the molecule is CCOc1c(OC)cc(CNC(=NC)NCCC2=CCCCC2)cc1OC. The summed E-state index contributed by atoms with van der Waals surface area (Å²) in [5.41, 5.74) is 2.59. The van der Waals surface area contributed by atoms with Crippen molar-refractivity contribution in [3.05, 3.63) is 29.3 Å². The van der Waals surface area contributed by atoms with Crippen molar-refractivity contribution in [3.63, 3.8) is 0 Å². The van der Waals surface area contributed by atoms with Gasteiger partial charge in [0, 0.05) is 20.1 Å². The van der Waals surface area contributed by atoms with E-state index in [1.165, 1.54) is 25.7 Å². The highest BCUT2D eigenvalue weighted by Crippen LogP contribution is 2.38. The third-order valence-corrected chi connectivity index (χ3v) is 4.62. The number of nitrogens with one attached hydrogen (secondary N) is 2. The van der Waals surface area contributed by atoms with Crippen molar-refractivity contribution in [1.29, 1.82) is 0 Å². The summed E-state index contributed by atoms with van der Waals surface area (Å²) in [6.45, 7) is 3.99. The van der Waals surface area contributed by atoms with Gasteiger partial charge >= 0.3 is 0 Å². The minimum atomic E-state index is 0.553. The lowest BCUT2D eigenvalue weighted by Gasteiger charge is -2.17. The quantitative estimate of drug-likeness (QED) is 0.392. The molecule has 2 rings (SSSR count). The molecule has 6 heteroatoms. The number of benzene rings is 1. The lowest BCUT2D eigenvalue weighted by atomic mass is 9.97. The molecule has 0 heterocycles. The standard InChI is InChI=1S/C21H33N3O3/c1-5-27-20-18(25-3)13-17(14-19(20)26-4)15-24-21(22-2)23-12-11-16-9-7-6-8-10-16/h9,13-14H,5-8,10-12,15H2,1-4H3,(H2,22,23,24). The predicted octanol–water partition coefficient (Wildman–Crippen LogP) is 3.66. The highest BCUT2D eigenvalue weighted by molar-refractivity contribution is 5.79. The molecule has 0 atom stereocenters.